The number of carbonyl (C=O) groups is 1. The molecule has 3 heterocycles. The molecule has 5 rings (SSSR count). The Bertz CT molecular complexity index is 1210. The van der Waals surface area contributed by atoms with Crippen LogP contribution in [0.1, 0.15) is 27.8 Å². The van der Waals surface area contributed by atoms with Crippen molar-refractivity contribution in [3.63, 3.8) is 0 Å². The first-order valence-corrected chi connectivity index (χ1v) is 10.2. The van der Waals surface area contributed by atoms with Crippen molar-refractivity contribution in [2.45, 2.75) is 18.9 Å². The lowest BCUT2D eigenvalue weighted by molar-refractivity contribution is 0.100. The van der Waals surface area contributed by atoms with Gasteiger partial charge in [-0.1, -0.05) is 48.5 Å². The number of benzene rings is 2. The van der Waals surface area contributed by atoms with Gasteiger partial charge in [0.15, 0.2) is 0 Å². The molecule has 7 heteroatoms. The fourth-order valence-electron chi connectivity index (χ4n) is 4.09. The van der Waals surface area contributed by atoms with Gasteiger partial charge in [0.05, 0.1) is 17.1 Å². The van der Waals surface area contributed by atoms with Crippen molar-refractivity contribution in [3.8, 4) is 0 Å². The van der Waals surface area contributed by atoms with Gasteiger partial charge < -0.3 is 21.4 Å². The Balaban J connectivity index is 1.48. The maximum absolute atomic E-state index is 11.8. The molecule has 0 fully saturated rings. The molecule has 2 aromatic carbocycles. The zero-order valence-corrected chi connectivity index (χ0v) is 16.9. The molecule has 0 spiro atoms. The maximum Gasteiger partial charge on any atom is 0.249 e. The Morgan fingerprint density at radius 1 is 1.03 bits per heavy atom. The summed E-state index contributed by atoms with van der Waals surface area (Å²) in [5.41, 5.74) is 10.2. The first-order valence-electron chi connectivity index (χ1n) is 10.2. The minimum absolute atomic E-state index is 0.119. The van der Waals surface area contributed by atoms with E-state index in [1.165, 1.54) is 5.56 Å². The molecule has 7 nitrogen and oxygen atoms in total. The van der Waals surface area contributed by atoms with Crippen LogP contribution in [0, 0.1) is 0 Å². The molecule has 2 unspecified atom stereocenters. The Morgan fingerprint density at radius 3 is 2.74 bits per heavy atom. The summed E-state index contributed by atoms with van der Waals surface area (Å²) in [4.78, 5) is 15.2. The van der Waals surface area contributed by atoms with Crippen LogP contribution in [0.3, 0.4) is 0 Å². The Labute approximate surface area is 180 Å². The highest BCUT2D eigenvalue weighted by molar-refractivity contribution is 6.07. The highest BCUT2D eigenvalue weighted by Gasteiger charge is 2.30. The second kappa shape index (κ2) is 8.14. The minimum Gasteiger partial charge on any atom is -0.366 e. The van der Waals surface area contributed by atoms with Gasteiger partial charge in [0.25, 0.3) is 0 Å². The summed E-state index contributed by atoms with van der Waals surface area (Å²) >= 11 is 0. The average Bonchev–Trinajstić information content (AvgIpc) is 3.08. The van der Waals surface area contributed by atoms with Crippen LogP contribution in [0.25, 0.3) is 10.8 Å². The topological polar surface area (TPSA) is 107 Å². The lowest BCUT2D eigenvalue weighted by Gasteiger charge is -2.36. The fraction of sp³-hybridized carbons (Fsp3) is 0.125. The molecule has 0 saturated carbocycles. The summed E-state index contributed by atoms with van der Waals surface area (Å²) in [6.45, 7) is 0.717. The zero-order valence-electron chi connectivity index (χ0n) is 16.9. The second-order valence-corrected chi connectivity index (χ2v) is 7.57. The van der Waals surface area contributed by atoms with Crippen molar-refractivity contribution < 1.29 is 4.79 Å². The Kier molecular flexibility index (Phi) is 5.03. The van der Waals surface area contributed by atoms with Gasteiger partial charge in [0.1, 0.15) is 12.3 Å². The normalized spacial score (nSPS) is 20.1. The van der Waals surface area contributed by atoms with E-state index in [0.717, 1.165) is 27.9 Å². The quantitative estimate of drug-likeness (QED) is 0.386. The van der Waals surface area contributed by atoms with Crippen molar-refractivity contribution >= 4 is 16.7 Å². The molecule has 0 saturated heterocycles. The number of allylic oxidation sites excluding steroid dienone is 3. The number of H-pyrrole nitrogens is 1. The maximum atomic E-state index is 11.8. The number of hydrogen-bond acceptors (Lipinski definition) is 5. The number of amides is 1. The molecule has 3 aromatic rings. The van der Waals surface area contributed by atoms with Gasteiger partial charge >= 0.3 is 0 Å². The lowest BCUT2D eigenvalue weighted by Crippen LogP contribution is -2.55. The smallest absolute Gasteiger partial charge is 0.249 e. The van der Waals surface area contributed by atoms with Gasteiger partial charge in [0.2, 0.25) is 5.91 Å². The van der Waals surface area contributed by atoms with E-state index in [2.05, 4.69) is 44.5 Å². The van der Waals surface area contributed by atoms with Crippen molar-refractivity contribution in [1.82, 2.24) is 26.3 Å². The van der Waals surface area contributed by atoms with E-state index in [1.807, 2.05) is 54.9 Å². The molecule has 31 heavy (non-hydrogen) atoms. The summed E-state index contributed by atoms with van der Waals surface area (Å²) in [5, 5.41) is 15.9. The third kappa shape index (κ3) is 3.72. The number of fused-ring (bicyclic) bond motifs is 1. The monoisotopic (exact) mass is 412 g/mol. The highest BCUT2D eigenvalue weighted by Crippen LogP contribution is 2.28. The number of primary amides is 1. The van der Waals surface area contributed by atoms with Crippen LogP contribution in [-0.2, 0) is 6.54 Å². The minimum atomic E-state index is -0.435. The van der Waals surface area contributed by atoms with E-state index in [1.54, 1.807) is 6.07 Å². The standard InChI is InChI=1S/C24H24N6O/c25-22(31)17-10-6-9-16-18(17)14-27-20(16)24-29-19-11-4-5-12-26-21(19)23(30-24)28-13-15-7-2-1-3-8-15/h1-12,14,23-24,26-30H,13H2,(H2,25,31). The molecule has 2 atom stereocenters. The number of nitrogens with one attached hydrogen (secondary N) is 5. The predicted octanol–water partition coefficient (Wildman–Crippen LogP) is 2.46. The van der Waals surface area contributed by atoms with E-state index in [9.17, 15) is 4.79 Å². The largest absolute Gasteiger partial charge is 0.366 e. The summed E-state index contributed by atoms with van der Waals surface area (Å²) in [5.74, 6) is -0.435. The van der Waals surface area contributed by atoms with E-state index in [0.29, 0.717) is 12.1 Å². The van der Waals surface area contributed by atoms with Crippen LogP contribution in [0.4, 0.5) is 0 Å². The zero-order chi connectivity index (χ0) is 21.2. The number of aromatic nitrogens is 1. The van der Waals surface area contributed by atoms with Gasteiger partial charge in [0, 0.05) is 35.3 Å². The van der Waals surface area contributed by atoms with E-state index >= 15 is 0 Å². The van der Waals surface area contributed by atoms with Crippen LogP contribution in [0.5, 0.6) is 0 Å². The number of rotatable bonds is 5. The lowest BCUT2D eigenvalue weighted by atomic mass is 10.0. The highest BCUT2D eigenvalue weighted by atomic mass is 16.1. The van der Waals surface area contributed by atoms with Crippen molar-refractivity contribution in [2.75, 3.05) is 0 Å². The van der Waals surface area contributed by atoms with E-state index in [-0.39, 0.29) is 12.3 Å². The summed E-state index contributed by atoms with van der Waals surface area (Å²) < 4.78 is 0. The van der Waals surface area contributed by atoms with Gasteiger partial charge in [-0.05, 0) is 23.8 Å². The molecule has 1 amide bonds. The second-order valence-electron chi connectivity index (χ2n) is 7.57. The molecule has 2 aliphatic rings. The molecule has 0 radical (unpaired) electrons. The van der Waals surface area contributed by atoms with Crippen molar-refractivity contribution in [3.05, 3.63) is 107 Å². The third-order valence-electron chi connectivity index (χ3n) is 5.60. The van der Waals surface area contributed by atoms with Crippen LogP contribution in [0.15, 0.2) is 90.5 Å². The number of carbonyl (C=O) groups excluding carboxylic acids is 1. The van der Waals surface area contributed by atoms with Crippen LogP contribution < -0.4 is 27.0 Å². The summed E-state index contributed by atoms with van der Waals surface area (Å²) in [7, 11) is 0. The SMILES string of the molecule is NC(=O)c1cccc2c(C3NC4=C(NC=CC=C4)C(NCc4ccccc4)N3)[nH]cc12. The third-order valence-corrected chi connectivity index (χ3v) is 5.60. The fourth-order valence-corrected chi connectivity index (χ4v) is 4.09. The molecule has 2 aliphatic heterocycles. The molecule has 7 N–H and O–H groups in total. The van der Waals surface area contributed by atoms with Gasteiger partial charge in [-0.15, -0.1) is 0 Å². The van der Waals surface area contributed by atoms with Gasteiger partial charge in [-0.25, -0.2) is 0 Å². The van der Waals surface area contributed by atoms with Crippen LogP contribution in [0.2, 0.25) is 0 Å². The van der Waals surface area contributed by atoms with E-state index < -0.39 is 5.91 Å². The van der Waals surface area contributed by atoms with Crippen LogP contribution >= 0.6 is 0 Å². The van der Waals surface area contributed by atoms with Gasteiger partial charge in [-0.2, -0.15) is 0 Å². The Hall–Kier alpha value is -3.81. The number of aromatic amines is 1. The first kappa shape index (κ1) is 19.2. The number of hydrogen-bond donors (Lipinski definition) is 6. The summed E-state index contributed by atoms with van der Waals surface area (Å²) in [6, 6.07) is 15.9. The molecule has 1 aromatic heterocycles. The molecule has 0 aliphatic carbocycles. The molecule has 156 valence electrons. The van der Waals surface area contributed by atoms with Crippen molar-refractivity contribution in [2.24, 2.45) is 5.73 Å². The number of nitrogens with two attached hydrogens (primary N) is 1. The molecular formula is C24H24N6O. The molecule has 0 bridgehead atoms. The van der Waals surface area contributed by atoms with Gasteiger partial charge in [-0.3, -0.25) is 15.4 Å². The van der Waals surface area contributed by atoms with E-state index in [4.69, 9.17) is 5.73 Å². The summed E-state index contributed by atoms with van der Waals surface area (Å²) in [6.07, 6.45) is 9.46. The van der Waals surface area contributed by atoms with Crippen molar-refractivity contribution in [1.29, 1.82) is 0 Å². The Morgan fingerprint density at radius 2 is 1.90 bits per heavy atom. The first-order chi connectivity index (χ1) is 15.2. The predicted molar refractivity (Wildman–Crippen MR) is 121 cm³/mol. The van der Waals surface area contributed by atoms with Crippen LogP contribution in [-0.4, -0.2) is 17.1 Å². The average molecular weight is 412 g/mol. The molecular weight excluding hydrogens is 388 g/mol.